The van der Waals surface area contributed by atoms with Crippen molar-refractivity contribution in [1.82, 2.24) is 0 Å². The Balaban J connectivity index is 2.39. The number of aromatic hydroxyl groups is 2. The lowest BCUT2D eigenvalue weighted by Crippen LogP contribution is -1.90. The quantitative estimate of drug-likeness (QED) is 0.749. The minimum Gasteiger partial charge on any atom is -0.507 e. The first kappa shape index (κ1) is 15.4. The van der Waals surface area contributed by atoms with Crippen LogP contribution in [0.3, 0.4) is 0 Å². The van der Waals surface area contributed by atoms with Gasteiger partial charge < -0.3 is 10.2 Å². The van der Waals surface area contributed by atoms with Crippen LogP contribution in [0.25, 0.3) is 11.1 Å². The number of hydrogen-bond donors (Lipinski definition) is 2. The Morgan fingerprint density at radius 1 is 0.905 bits per heavy atom. The van der Waals surface area contributed by atoms with Crippen molar-refractivity contribution < 1.29 is 10.2 Å². The molecule has 0 fully saturated rings. The van der Waals surface area contributed by atoms with E-state index in [4.69, 9.17) is 0 Å². The molecule has 2 rings (SSSR count). The van der Waals surface area contributed by atoms with Crippen molar-refractivity contribution >= 4 is 0 Å². The average Bonchev–Trinajstić information content (AvgIpc) is 2.42. The summed E-state index contributed by atoms with van der Waals surface area (Å²) >= 11 is 0. The van der Waals surface area contributed by atoms with Crippen molar-refractivity contribution in [2.75, 3.05) is 0 Å². The summed E-state index contributed by atoms with van der Waals surface area (Å²) in [7, 11) is 0. The summed E-state index contributed by atoms with van der Waals surface area (Å²) in [5, 5.41) is 20.7. The highest BCUT2D eigenvalue weighted by Crippen LogP contribution is 2.40. The summed E-state index contributed by atoms with van der Waals surface area (Å²) in [5.74, 6) is 0.324. The molecule has 0 heterocycles. The Hall–Kier alpha value is -1.96. The SMILES string of the molecule is CCCCCc1cc(O)c(-c2cc(C)ccc2C)c(O)c1. The minimum absolute atomic E-state index is 0.162. The van der Waals surface area contributed by atoms with Gasteiger partial charge in [0.2, 0.25) is 0 Å². The first-order valence-electron chi connectivity index (χ1n) is 7.65. The van der Waals surface area contributed by atoms with Crippen LogP contribution in [-0.2, 0) is 6.42 Å². The van der Waals surface area contributed by atoms with Crippen LogP contribution in [0.1, 0.15) is 42.9 Å². The predicted octanol–water partition coefficient (Wildman–Crippen LogP) is 5.11. The molecule has 0 atom stereocenters. The number of benzene rings is 2. The molecule has 2 heteroatoms. The van der Waals surface area contributed by atoms with Gasteiger partial charge in [-0.1, -0.05) is 43.5 Å². The molecule has 0 unspecified atom stereocenters. The molecule has 0 aliphatic heterocycles. The van der Waals surface area contributed by atoms with E-state index in [1.807, 2.05) is 32.0 Å². The van der Waals surface area contributed by atoms with E-state index in [1.165, 1.54) is 12.8 Å². The fourth-order valence-corrected chi connectivity index (χ4v) is 2.67. The van der Waals surface area contributed by atoms with E-state index in [-0.39, 0.29) is 11.5 Å². The van der Waals surface area contributed by atoms with Crippen LogP contribution in [0.15, 0.2) is 30.3 Å². The third-order valence-corrected chi connectivity index (χ3v) is 3.89. The molecule has 0 saturated heterocycles. The zero-order valence-electron chi connectivity index (χ0n) is 13.1. The highest BCUT2D eigenvalue weighted by molar-refractivity contribution is 5.79. The van der Waals surface area contributed by atoms with Gasteiger partial charge in [0.05, 0.1) is 5.56 Å². The molecule has 2 N–H and O–H groups in total. The van der Waals surface area contributed by atoms with Gasteiger partial charge in [0.1, 0.15) is 11.5 Å². The number of phenolic OH excluding ortho intramolecular Hbond substituents is 2. The fraction of sp³-hybridized carbons (Fsp3) is 0.368. The van der Waals surface area contributed by atoms with Gasteiger partial charge >= 0.3 is 0 Å². The van der Waals surface area contributed by atoms with Crippen molar-refractivity contribution in [3.8, 4) is 22.6 Å². The molecule has 2 nitrogen and oxygen atoms in total. The van der Waals surface area contributed by atoms with Crippen LogP contribution in [0.2, 0.25) is 0 Å². The monoisotopic (exact) mass is 284 g/mol. The van der Waals surface area contributed by atoms with Crippen LogP contribution >= 0.6 is 0 Å². The molecule has 0 spiro atoms. The summed E-state index contributed by atoms with van der Waals surface area (Å²) < 4.78 is 0. The molecule has 21 heavy (non-hydrogen) atoms. The zero-order chi connectivity index (χ0) is 15.4. The number of aryl methyl sites for hydroxylation is 3. The van der Waals surface area contributed by atoms with Crippen LogP contribution in [0.5, 0.6) is 11.5 Å². The van der Waals surface area contributed by atoms with Crippen molar-refractivity contribution in [3.63, 3.8) is 0 Å². The third kappa shape index (κ3) is 3.57. The lowest BCUT2D eigenvalue weighted by atomic mass is 9.94. The van der Waals surface area contributed by atoms with Gasteiger partial charge in [-0.15, -0.1) is 0 Å². The van der Waals surface area contributed by atoms with Gasteiger partial charge in [0.25, 0.3) is 0 Å². The van der Waals surface area contributed by atoms with Crippen molar-refractivity contribution in [2.45, 2.75) is 46.5 Å². The molecule has 0 aromatic heterocycles. The molecule has 0 aliphatic rings. The second-order valence-electron chi connectivity index (χ2n) is 5.78. The van der Waals surface area contributed by atoms with Gasteiger partial charge in [0, 0.05) is 0 Å². The predicted molar refractivity (Wildman–Crippen MR) is 87.9 cm³/mol. The number of phenols is 2. The highest BCUT2D eigenvalue weighted by atomic mass is 16.3. The molecular weight excluding hydrogens is 260 g/mol. The van der Waals surface area contributed by atoms with Gasteiger partial charge in [-0.2, -0.15) is 0 Å². The summed E-state index contributed by atoms with van der Waals surface area (Å²) in [6.07, 6.45) is 4.30. The first-order chi connectivity index (χ1) is 10.0. The fourth-order valence-electron chi connectivity index (χ4n) is 2.67. The topological polar surface area (TPSA) is 40.5 Å². The third-order valence-electron chi connectivity index (χ3n) is 3.89. The smallest absolute Gasteiger partial charge is 0.127 e. The van der Waals surface area contributed by atoms with E-state index in [0.717, 1.165) is 35.1 Å². The van der Waals surface area contributed by atoms with E-state index >= 15 is 0 Å². The molecular formula is C19H24O2. The maximum atomic E-state index is 10.3. The Morgan fingerprint density at radius 3 is 2.19 bits per heavy atom. The second-order valence-corrected chi connectivity index (χ2v) is 5.78. The summed E-state index contributed by atoms with van der Waals surface area (Å²) in [4.78, 5) is 0. The summed E-state index contributed by atoms with van der Waals surface area (Å²) in [5.41, 5.74) is 4.58. The Kier molecular flexibility index (Phi) is 4.89. The van der Waals surface area contributed by atoms with Gasteiger partial charge in [-0.05, 0) is 55.5 Å². The standard InChI is InChI=1S/C19H24O2/c1-4-5-6-7-15-11-17(20)19(18(21)12-15)16-10-13(2)8-9-14(16)3/h8-12,20-21H,4-7H2,1-3H3. The molecule has 0 radical (unpaired) electrons. The lowest BCUT2D eigenvalue weighted by molar-refractivity contribution is 0.452. The van der Waals surface area contributed by atoms with Crippen LogP contribution < -0.4 is 0 Å². The lowest BCUT2D eigenvalue weighted by Gasteiger charge is -2.13. The Morgan fingerprint density at radius 2 is 1.57 bits per heavy atom. The molecule has 2 aromatic carbocycles. The molecule has 0 bridgehead atoms. The maximum Gasteiger partial charge on any atom is 0.127 e. The van der Waals surface area contributed by atoms with Crippen molar-refractivity contribution in [2.24, 2.45) is 0 Å². The first-order valence-corrected chi connectivity index (χ1v) is 7.65. The van der Waals surface area contributed by atoms with Crippen LogP contribution in [0.4, 0.5) is 0 Å². The minimum atomic E-state index is 0.162. The van der Waals surface area contributed by atoms with Crippen LogP contribution in [0, 0.1) is 13.8 Å². The van der Waals surface area contributed by atoms with Gasteiger partial charge in [-0.3, -0.25) is 0 Å². The Bertz CT molecular complexity index is 606. The summed E-state index contributed by atoms with van der Waals surface area (Å²) in [6.45, 7) is 6.16. The number of unbranched alkanes of at least 4 members (excludes halogenated alkanes) is 2. The van der Waals surface area contributed by atoms with Gasteiger partial charge in [0.15, 0.2) is 0 Å². The Labute approximate surface area is 127 Å². The normalized spacial score (nSPS) is 10.8. The largest absolute Gasteiger partial charge is 0.507 e. The van der Waals surface area contributed by atoms with E-state index in [9.17, 15) is 10.2 Å². The van der Waals surface area contributed by atoms with E-state index in [1.54, 1.807) is 12.1 Å². The summed E-state index contributed by atoms with van der Waals surface area (Å²) in [6, 6.07) is 9.62. The van der Waals surface area contributed by atoms with Crippen molar-refractivity contribution in [3.05, 3.63) is 47.0 Å². The average molecular weight is 284 g/mol. The second kappa shape index (κ2) is 6.66. The molecule has 112 valence electrons. The van der Waals surface area contributed by atoms with E-state index in [0.29, 0.717) is 5.56 Å². The number of rotatable bonds is 5. The zero-order valence-corrected chi connectivity index (χ0v) is 13.1. The number of hydrogen-bond acceptors (Lipinski definition) is 2. The molecule has 0 saturated carbocycles. The molecule has 0 aliphatic carbocycles. The van der Waals surface area contributed by atoms with Crippen LogP contribution in [-0.4, -0.2) is 10.2 Å². The van der Waals surface area contributed by atoms with E-state index < -0.39 is 0 Å². The highest BCUT2D eigenvalue weighted by Gasteiger charge is 2.14. The maximum absolute atomic E-state index is 10.3. The van der Waals surface area contributed by atoms with E-state index in [2.05, 4.69) is 6.92 Å². The van der Waals surface area contributed by atoms with Crippen molar-refractivity contribution in [1.29, 1.82) is 0 Å². The molecule has 2 aromatic rings. The molecule has 0 amide bonds. The van der Waals surface area contributed by atoms with Gasteiger partial charge in [-0.25, -0.2) is 0 Å².